The average Bonchev–Trinajstić information content (AvgIpc) is 2.68. The summed E-state index contributed by atoms with van der Waals surface area (Å²) in [6.07, 6.45) is -1.40. The second kappa shape index (κ2) is 4.69. The van der Waals surface area contributed by atoms with Gasteiger partial charge in [0.25, 0.3) is 5.82 Å². The summed E-state index contributed by atoms with van der Waals surface area (Å²) in [6, 6.07) is 1.42. The Balaban J connectivity index is 2.64. The van der Waals surface area contributed by atoms with Gasteiger partial charge in [-0.05, 0) is 18.3 Å². The van der Waals surface area contributed by atoms with Crippen molar-refractivity contribution in [3.8, 4) is 0 Å². The lowest BCUT2D eigenvalue weighted by molar-refractivity contribution is -0.146. The minimum absolute atomic E-state index is 0.00479. The lowest BCUT2D eigenvalue weighted by atomic mass is 10.3. The Kier molecular flexibility index (Phi) is 3.36. The van der Waals surface area contributed by atoms with Crippen molar-refractivity contribution in [2.75, 3.05) is 14.1 Å². The number of fused-ring (bicyclic) bond motifs is 1. The minimum atomic E-state index is -4.64. The Bertz CT molecular complexity index is 632. The molecule has 0 aliphatic heterocycles. The van der Waals surface area contributed by atoms with E-state index in [1.54, 1.807) is 31.3 Å². The molecule has 0 saturated carbocycles. The highest BCUT2D eigenvalue weighted by Gasteiger charge is 2.38. The smallest absolute Gasteiger partial charge is 0.383 e. The number of alkyl halides is 3. The van der Waals surface area contributed by atoms with Crippen LogP contribution in [0.25, 0.3) is 11.7 Å². The molecule has 0 N–H and O–H groups in total. The Morgan fingerprint density at radius 1 is 1.32 bits per heavy atom. The second-order valence-corrected chi connectivity index (χ2v) is 4.35. The third-order valence-corrected chi connectivity index (χ3v) is 2.36. The fraction of sp³-hybridized carbons (Fsp3) is 0.300. The topological polar surface area (TPSA) is 46.3 Å². The fourth-order valence-corrected chi connectivity index (χ4v) is 1.59. The first-order valence-corrected chi connectivity index (χ1v) is 5.50. The summed E-state index contributed by atoms with van der Waals surface area (Å²) in [4.78, 5) is 1.73. The molecule has 0 aliphatic carbocycles. The second-order valence-electron chi connectivity index (χ2n) is 3.96. The van der Waals surface area contributed by atoms with E-state index in [-0.39, 0.29) is 10.8 Å². The number of halogens is 4. The maximum absolute atomic E-state index is 12.7. The van der Waals surface area contributed by atoms with Crippen molar-refractivity contribution in [2.24, 2.45) is 0 Å². The Hall–Kier alpha value is -1.83. The van der Waals surface area contributed by atoms with Gasteiger partial charge in [-0.1, -0.05) is 11.6 Å². The van der Waals surface area contributed by atoms with Crippen molar-refractivity contribution in [3.63, 3.8) is 0 Å². The molecule has 5 nitrogen and oxygen atoms in total. The van der Waals surface area contributed by atoms with E-state index in [0.717, 1.165) is 0 Å². The monoisotopic (exact) mass is 291 g/mol. The van der Waals surface area contributed by atoms with Crippen LogP contribution in [0, 0.1) is 0 Å². The molecule has 2 rings (SSSR count). The van der Waals surface area contributed by atoms with Gasteiger partial charge in [0.2, 0.25) is 0 Å². The first-order chi connectivity index (χ1) is 8.79. The number of nitrogens with zero attached hydrogens (tertiary/aromatic N) is 5. The normalized spacial score (nSPS) is 12.5. The van der Waals surface area contributed by atoms with E-state index in [0.29, 0.717) is 10.1 Å². The predicted octanol–water partition coefficient (Wildman–Crippen LogP) is 2.33. The fourth-order valence-electron chi connectivity index (χ4n) is 1.40. The summed E-state index contributed by atoms with van der Waals surface area (Å²) < 4.78 is 38.7. The third kappa shape index (κ3) is 2.78. The van der Waals surface area contributed by atoms with Gasteiger partial charge in [0.1, 0.15) is 0 Å². The van der Waals surface area contributed by atoms with E-state index in [1.165, 1.54) is 6.07 Å². The standard InChI is InChI=1S/C10H9ClF3N5/c1-18(2)4-3-6-5-7(11)17-19-8(6)15-16-9(19)10(12,13)14/h3-5H,1-2H3. The molecule has 2 heterocycles. The largest absolute Gasteiger partial charge is 0.453 e. The van der Waals surface area contributed by atoms with Crippen LogP contribution in [0.2, 0.25) is 5.15 Å². The summed E-state index contributed by atoms with van der Waals surface area (Å²) in [7, 11) is 3.56. The molecule has 19 heavy (non-hydrogen) atoms. The van der Waals surface area contributed by atoms with Crippen molar-refractivity contribution in [1.29, 1.82) is 0 Å². The summed E-state index contributed by atoms with van der Waals surface area (Å²) in [6.45, 7) is 0. The van der Waals surface area contributed by atoms with E-state index in [1.807, 2.05) is 0 Å². The summed E-state index contributed by atoms with van der Waals surface area (Å²) >= 11 is 5.72. The number of rotatable bonds is 2. The molecular formula is C10H9ClF3N5. The Morgan fingerprint density at radius 2 is 2.00 bits per heavy atom. The molecule has 0 fully saturated rings. The van der Waals surface area contributed by atoms with E-state index in [9.17, 15) is 13.2 Å². The van der Waals surface area contributed by atoms with Gasteiger partial charge >= 0.3 is 6.18 Å². The van der Waals surface area contributed by atoms with E-state index < -0.39 is 12.0 Å². The molecule has 0 atom stereocenters. The molecule has 0 amide bonds. The van der Waals surface area contributed by atoms with Crippen LogP contribution in [-0.4, -0.2) is 38.8 Å². The highest BCUT2D eigenvalue weighted by atomic mass is 35.5. The zero-order chi connectivity index (χ0) is 14.2. The van der Waals surface area contributed by atoms with Gasteiger partial charge in [-0.15, -0.1) is 10.2 Å². The van der Waals surface area contributed by atoms with Gasteiger partial charge in [0, 0.05) is 19.7 Å². The van der Waals surface area contributed by atoms with Crippen molar-refractivity contribution >= 4 is 23.3 Å². The van der Waals surface area contributed by atoms with Crippen LogP contribution >= 0.6 is 11.6 Å². The molecule has 0 radical (unpaired) electrons. The van der Waals surface area contributed by atoms with Crippen LogP contribution in [0.5, 0.6) is 0 Å². The van der Waals surface area contributed by atoms with Crippen LogP contribution in [-0.2, 0) is 6.18 Å². The zero-order valence-corrected chi connectivity index (χ0v) is 10.7. The van der Waals surface area contributed by atoms with Crippen LogP contribution < -0.4 is 0 Å². The van der Waals surface area contributed by atoms with Gasteiger partial charge in [-0.25, -0.2) is 0 Å². The van der Waals surface area contributed by atoms with Gasteiger partial charge in [0.15, 0.2) is 10.8 Å². The SMILES string of the molecule is CN(C)C=Cc1cc(Cl)nn2c(C(F)(F)F)nnc12. The van der Waals surface area contributed by atoms with E-state index in [4.69, 9.17) is 11.6 Å². The average molecular weight is 292 g/mol. The predicted molar refractivity (Wildman–Crippen MR) is 63.5 cm³/mol. The summed E-state index contributed by atoms with van der Waals surface area (Å²) in [5.74, 6) is -1.20. The molecule has 9 heteroatoms. The van der Waals surface area contributed by atoms with Crippen molar-refractivity contribution in [2.45, 2.75) is 6.18 Å². The van der Waals surface area contributed by atoms with Crippen molar-refractivity contribution < 1.29 is 13.2 Å². The lowest BCUT2D eigenvalue weighted by Gasteiger charge is -2.05. The number of hydrogen-bond acceptors (Lipinski definition) is 4. The molecule has 0 bridgehead atoms. The van der Waals surface area contributed by atoms with Gasteiger partial charge in [-0.2, -0.15) is 22.8 Å². The number of hydrogen-bond donors (Lipinski definition) is 0. The van der Waals surface area contributed by atoms with E-state index >= 15 is 0 Å². The van der Waals surface area contributed by atoms with Crippen LogP contribution in [0.4, 0.5) is 13.2 Å². The lowest BCUT2D eigenvalue weighted by Crippen LogP contribution is -2.12. The maximum Gasteiger partial charge on any atom is 0.453 e. The van der Waals surface area contributed by atoms with E-state index in [2.05, 4.69) is 15.3 Å². The molecule has 0 aliphatic rings. The molecule has 0 saturated heterocycles. The molecule has 102 valence electrons. The summed E-state index contributed by atoms with van der Waals surface area (Å²) in [5, 5.41) is 10.1. The Labute approximate surface area is 111 Å². The molecule has 0 aromatic carbocycles. The molecule has 2 aromatic heterocycles. The van der Waals surface area contributed by atoms with Gasteiger partial charge < -0.3 is 4.90 Å². The van der Waals surface area contributed by atoms with Crippen LogP contribution in [0.1, 0.15) is 11.4 Å². The van der Waals surface area contributed by atoms with Gasteiger partial charge in [0.05, 0.1) is 0 Å². The van der Waals surface area contributed by atoms with Crippen molar-refractivity contribution in [3.05, 3.63) is 28.8 Å². The first kappa shape index (κ1) is 13.6. The molecule has 0 unspecified atom stereocenters. The van der Waals surface area contributed by atoms with Gasteiger partial charge in [-0.3, -0.25) is 0 Å². The summed E-state index contributed by atoms with van der Waals surface area (Å²) in [5.41, 5.74) is 0.395. The third-order valence-electron chi connectivity index (χ3n) is 2.17. The van der Waals surface area contributed by atoms with Crippen LogP contribution in [0.3, 0.4) is 0 Å². The molecule has 0 spiro atoms. The highest BCUT2D eigenvalue weighted by molar-refractivity contribution is 6.29. The first-order valence-electron chi connectivity index (χ1n) is 5.13. The Morgan fingerprint density at radius 3 is 2.58 bits per heavy atom. The minimum Gasteiger partial charge on any atom is -0.383 e. The number of aromatic nitrogens is 4. The molecule has 2 aromatic rings. The van der Waals surface area contributed by atoms with Crippen LogP contribution in [0.15, 0.2) is 12.3 Å². The highest BCUT2D eigenvalue weighted by Crippen LogP contribution is 2.28. The maximum atomic E-state index is 12.7. The zero-order valence-electron chi connectivity index (χ0n) is 9.98. The quantitative estimate of drug-likeness (QED) is 0.852. The van der Waals surface area contributed by atoms with Crippen molar-refractivity contribution in [1.82, 2.24) is 24.7 Å². The molecular weight excluding hydrogens is 283 g/mol.